The standard InChI is InChI=1S/C22H40N8O6/c23-13(7-9-17(25)31)19(33)27-11-3-1-5-15-21(35)30-16(22(36)29-15)6-2-4-12-28-20(34)14(24)8-10-18(26)32/h13-16H,1-12,23-24H2,(H2,25,31)(H2,26,32)(H,27,33)(H,28,34)(H,29,36)(H,30,35)/t13-,14-,15?,16?/m0/s1. The van der Waals surface area contributed by atoms with Crippen LogP contribution in [0.1, 0.15) is 64.2 Å². The van der Waals surface area contributed by atoms with Crippen LogP contribution in [0.4, 0.5) is 0 Å². The quantitative estimate of drug-likeness (QED) is 0.0862. The summed E-state index contributed by atoms with van der Waals surface area (Å²) in [7, 11) is 0. The molecule has 0 saturated carbocycles. The Bertz CT molecular complexity index is 729. The van der Waals surface area contributed by atoms with Gasteiger partial charge in [0, 0.05) is 25.9 Å². The zero-order valence-electron chi connectivity index (χ0n) is 20.6. The van der Waals surface area contributed by atoms with Gasteiger partial charge in [-0.05, 0) is 51.4 Å². The lowest BCUT2D eigenvalue weighted by molar-refractivity contribution is -0.137. The van der Waals surface area contributed by atoms with Crippen LogP contribution in [-0.4, -0.2) is 72.7 Å². The number of hydrogen-bond donors (Lipinski definition) is 8. The molecule has 1 fully saturated rings. The van der Waals surface area contributed by atoms with E-state index in [0.29, 0.717) is 51.6 Å². The number of carbonyl (C=O) groups is 6. The van der Waals surface area contributed by atoms with Gasteiger partial charge in [-0.25, -0.2) is 0 Å². The minimum absolute atomic E-state index is 0.0387. The van der Waals surface area contributed by atoms with Crippen molar-refractivity contribution in [3.05, 3.63) is 0 Å². The Hall–Kier alpha value is -3.26. The number of primary amides is 2. The van der Waals surface area contributed by atoms with Gasteiger partial charge in [0.2, 0.25) is 35.4 Å². The van der Waals surface area contributed by atoms with Crippen molar-refractivity contribution in [2.24, 2.45) is 22.9 Å². The van der Waals surface area contributed by atoms with E-state index in [9.17, 15) is 28.8 Å². The van der Waals surface area contributed by atoms with Crippen LogP contribution in [0, 0.1) is 0 Å². The maximum absolute atomic E-state index is 12.3. The van der Waals surface area contributed by atoms with Crippen LogP contribution in [-0.2, 0) is 28.8 Å². The summed E-state index contributed by atoms with van der Waals surface area (Å²) in [5.41, 5.74) is 21.4. The molecule has 2 unspecified atom stereocenters. The third-order valence-corrected chi connectivity index (χ3v) is 5.78. The summed E-state index contributed by atoms with van der Waals surface area (Å²) in [6.45, 7) is 0.723. The molecule has 1 aliphatic rings. The highest BCUT2D eigenvalue weighted by Gasteiger charge is 2.32. The summed E-state index contributed by atoms with van der Waals surface area (Å²) in [6, 6.07) is -2.88. The molecule has 1 aliphatic heterocycles. The molecule has 1 rings (SSSR count). The number of unbranched alkanes of at least 4 members (excludes halogenated alkanes) is 2. The highest BCUT2D eigenvalue weighted by atomic mass is 16.2. The molecule has 12 N–H and O–H groups in total. The summed E-state index contributed by atoms with van der Waals surface area (Å²) in [6.07, 6.45) is 3.67. The van der Waals surface area contributed by atoms with Gasteiger partial charge in [0.05, 0.1) is 12.1 Å². The third kappa shape index (κ3) is 12.4. The van der Waals surface area contributed by atoms with Gasteiger partial charge in [-0.2, -0.15) is 0 Å². The van der Waals surface area contributed by atoms with Gasteiger partial charge in [0.15, 0.2) is 0 Å². The van der Waals surface area contributed by atoms with E-state index in [1.54, 1.807) is 0 Å². The van der Waals surface area contributed by atoms with Crippen molar-refractivity contribution in [2.75, 3.05) is 13.1 Å². The van der Waals surface area contributed by atoms with Crippen molar-refractivity contribution in [1.82, 2.24) is 21.3 Å². The lowest BCUT2D eigenvalue weighted by Gasteiger charge is -2.29. The van der Waals surface area contributed by atoms with E-state index in [0.717, 1.165) is 0 Å². The average molecular weight is 513 g/mol. The second-order valence-corrected chi connectivity index (χ2v) is 8.92. The van der Waals surface area contributed by atoms with Crippen molar-refractivity contribution in [3.8, 4) is 0 Å². The predicted molar refractivity (Wildman–Crippen MR) is 130 cm³/mol. The largest absolute Gasteiger partial charge is 0.370 e. The predicted octanol–water partition coefficient (Wildman–Crippen LogP) is -3.27. The SMILES string of the molecule is NC(=O)CC[C@H](N)C(=O)NCCCCC1NC(=O)C(CCCCNC(=O)[C@@H](N)CCC(N)=O)NC1=O. The first kappa shape index (κ1) is 30.8. The van der Waals surface area contributed by atoms with Crippen molar-refractivity contribution in [3.63, 3.8) is 0 Å². The van der Waals surface area contributed by atoms with E-state index in [1.807, 2.05) is 0 Å². The minimum Gasteiger partial charge on any atom is -0.370 e. The molecule has 36 heavy (non-hydrogen) atoms. The molecule has 14 nitrogen and oxygen atoms in total. The fourth-order valence-corrected chi connectivity index (χ4v) is 3.57. The molecular weight excluding hydrogens is 472 g/mol. The smallest absolute Gasteiger partial charge is 0.243 e. The van der Waals surface area contributed by atoms with Gasteiger partial charge in [-0.15, -0.1) is 0 Å². The van der Waals surface area contributed by atoms with Crippen molar-refractivity contribution >= 4 is 35.4 Å². The Kier molecular flexibility index (Phi) is 14.0. The van der Waals surface area contributed by atoms with Crippen LogP contribution in [0.15, 0.2) is 0 Å². The molecule has 0 aromatic carbocycles. The maximum atomic E-state index is 12.3. The van der Waals surface area contributed by atoms with Crippen molar-refractivity contribution in [2.45, 2.75) is 88.4 Å². The fraction of sp³-hybridized carbons (Fsp3) is 0.727. The molecule has 0 aromatic rings. The summed E-state index contributed by atoms with van der Waals surface area (Å²) < 4.78 is 0. The normalized spacial score (nSPS) is 18.9. The number of carbonyl (C=O) groups excluding carboxylic acids is 6. The zero-order valence-corrected chi connectivity index (χ0v) is 20.6. The number of rotatable bonds is 18. The number of hydrogen-bond acceptors (Lipinski definition) is 8. The Labute approximate surface area is 210 Å². The van der Waals surface area contributed by atoms with Crippen LogP contribution in [0.2, 0.25) is 0 Å². The van der Waals surface area contributed by atoms with Gasteiger partial charge < -0.3 is 44.2 Å². The van der Waals surface area contributed by atoms with Gasteiger partial charge in [-0.1, -0.05) is 0 Å². The molecule has 0 aliphatic carbocycles. The average Bonchev–Trinajstić information content (AvgIpc) is 2.82. The fourth-order valence-electron chi connectivity index (χ4n) is 3.57. The first-order chi connectivity index (χ1) is 17.0. The molecular formula is C22H40N8O6. The summed E-state index contributed by atoms with van der Waals surface area (Å²) in [4.78, 5) is 69.9. The van der Waals surface area contributed by atoms with E-state index >= 15 is 0 Å². The van der Waals surface area contributed by atoms with Crippen molar-refractivity contribution < 1.29 is 28.8 Å². The third-order valence-electron chi connectivity index (χ3n) is 5.78. The number of nitrogens with two attached hydrogens (primary N) is 4. The van der Waals surface area contributed by atoms with Crippen LogP contribution < -0.4 is 44.2 Å². The van der Waals surface area contributed by atoms with E-state index in [-0.39, 0.29) is 49.3 Å². The first-order valence-corrected chi connectivity index (χ1v) is 12.2. The molecule has 0 aromatic heterocycles. The minimum atomic E-state index is -0.806. The lowest BCUT2D eigenvalue weighted by Crippen LogP contribution is -2.61. The molecule has 0 spiro atoms. The highest BCUT2D eigenvalue weighted by Crippen LogP contribution is 2.10. The van der Waals surface area contributed by atoms with Crippen LogP contribution in [0.25, 0.3) is 0 Å². The number of nitrogens with one attached hydrogen (secondary N) is 4. The molecule has 1 heterocycles. The summed E-state index contributed by atoms with van der Waals surface area (Å²) in [5, 5.41) is 10.8. The molecule has 0 radical (unpaired) electrons. The summed E-state index contributed by atoms with van der Waals surface area (Å²) >= 11 is 0. The van der Waals surface area contributed by atoms with Gasteiger partial charge in [-0.3, -0.25) is 28.8 Å². The molecule has 1 saturated heterocycles. The molecule has 14 heteroatoms. The molecule has 4 atom stereocenters. The monoisotopic (exact) mass is 512 g/mol. The van der Waals surface area contributed by atoms with Crippen molar-refractivity contribution in [1.29, 1.82) is 0 Å². The topological polar surface area (TPSA) is 255 Å². The number of amides is 6. The van der Waals surface area contributed by atoms with E-state index < -0.39 is 36.0 Å². The Morgan fingerprint density at radius 2 is 1.06 bits per heavy atom. The number of piperazine rings is 1. The molecule has 6 amide bonds. The van der Waals surface area contributed by atoms with Crippen LogP contribution in [0.3, 0.4) is 0 Å². The van der Waals surface area contributed by atoms with Gasteiger partial charge >= 0.3 is 0 Å². The molecule has 0 bridgehead atoms. The van der Waals surface area contributed by atoms with E-state index in [1.165, 1.54) is 0 Å². The van der Waals surface area contributed by atoms with E-state index in [4.69, 9.17) is 22.9 Å². The molecule has 204 valence electrons. The summed E-state index contributed by atoms with van der Waals surface area (Å²) in [5.74, 6) is -2.28. The van der Waals surface area contributed by atoms with Gasteiger partial charge in [0.1, 0.15) is 12.1 Å². The Balaban J connectivity index is 2.18. The Morgan fingerprint density at radius 3 is 1.39 bits per heavy atom. The van der Waals surface area contributed by atoms with Gasteiger partial charge in [0.25, 0.3) is 0 Å². The van der Waals surface area contributed by atoms with Crippen LogP contribution in [0.5, 0.6) is 0 Å². The first-order valence-electron chi connectivity index (χ1n) is 12.2. The Morgan fingerprint density at radius 1 is 0.694 bits per heavy atom. The zero-order chi connectivity index (χ0) is 27.1. The van der Waals surface area contributed by atoms with Crippen LogP contribution >= 0.6 is 0 Å². The van der Waals surface area contributed by atoms with E-state index in [2.05, 4.69) is 21.3 Å². The maximum Gasteiger partial charge on any atom is 0.243 e. The lowest BCUT2D eigenvalue weighted by atomic mass is 10.0. The second-order valence-electron chi connectivity index (χ2n) is 8.92. The second kappa shape index (κ2) is 16.4. The highest BCUT2D eigenvalue weighted by molar-refractivity contribution is 5.96.